The third-order valence-electron chi connectivity index (χ3n) is 5.08. The Hall–Kier alpha value is -0.830. The molecule has 1 saturated heterocycles. The van der Waals surface area contributed by atoms with Crippen LogP contribution in [0.3, 0.4) is 0 Å². The summed E-state index contributed by atoms with van der Waals surface area (Å²) >= 11 is 3.51. The zero-order chi connectivity index (χ0) is 13.0. The molecule has 1 aromatic rings. The largest absolute Gasteiger partial charge is 0.339 e. The Bertz CT molecular complexity index is 529. The molecule has 0 aromatic heterocycles. The topological polar surface area (TPSA) is 20.3 Å². The van der Waals surface area contributed by atoms with E-state index in [0.717, 1.165) is 23.4 Å². The Balaban J connectivity index is 1.46. The second kappa shape index (κ2) is 4.34. The van der Waals surface area contributed by atoms with E-state index in [9.17, 15) is 4.79 Å². The van der Waals surface area contributed by atoms with E-state index in [1.807, 2.05) is 6.07 Å². The summed E-state index contributed by atoms with van der Waals surface area (Å²) in [6.07, 6.45) is 4.89. The van der Waals surface area contributed by atoms with Crippen LogP contribution in [0, 0.1) is 11.8 Å². The number of carbonyl (C=O) groups excluding carboxylic acids is 1. The van der Waals surface area contributed by atoms with Crippen LogP contribution in [0.5, 0.6) is 0 Å². The summed E-state index contributed by atoms with van der Waals surface area (Å²) in [5.74, 6) is 1.95. The Morgan fingerprint density at radius 2 is 2.16 bits per heavy atom. The lowest BCUT2D eigenvalue weighted by atomic mass is 10.1. The van der Waals surface area contributed by atoms with Gasteiger partial charge in [0.05, 0.1) is 0 Å². The molecule has 1 heterocycles. The molecule has 100 valence electrons. The Labute approximate surface area is 122 Å². The van der Waals surface area contributed by atoms with Crippen LogP contribution in [0.2, 0.25) is 0 Å². The smallest absolute Gasteiger partial charge is 0.226 e. The molecule has 2 saturated carbocycles. The summed E-state index contributed by atoms with van der Waals surface area (Å²) in [6.45, 7) is 1.03. The molecule has 2 aliphatic carbocycles. The van der Waals surface area contributed by atoms with E-state index in [-0.39, 0.29) is 5.92 Å². The Kier molecular flexibility index (Phi) is 2.73. The van der Waals surface area contributed by atoms with Crippen molar-refractivity contribution in [1.29, 1.82) is 0 Å². The minimum Gasteiger partial charge on any atom is -0.339 e. The SMILES string of the molecule is O=C([C@@H]1C[C@H]1c1cccc(Br)c1)N1C[C@H]2CC[C@H]1C2. The average molecular weight is 320 g/mol. The van der Waals surface area contributed by atoms with Gasteiger partial charge in [0, 0.05) is 23.0 Å². The Morgan fingerprint density at radius 3 is 2.84 bits per heavy atom. The van der Waals surface area contributed by atoms with Gasteiger partial charge in [-0.25, -0.2) is 0 Å². The molecule has 1 amide bonds. The standard InChI is InChI=1S/C16H18BrNO/c17-12-3-1-2-11(7-12)14-8-15(14)16(19)18-9-10-4-5-13(18)6-10/h1-3,7,10,13-15H,4-6,8-9H2/t10-,13-,14-,15+/m0/s1. The van der Waals surface area contributed by atoms with Crippen molar-refractivity contribution in [3.05, 3.63) is 34.3 Å². The normalized spacial score (nSPS) is 35.7. The molecule has 3 aliphatic rings. The van der Waals surface area contributed by atoms with E-state index in [0.29, 0.717) is 17.9 Å². The molecule has 1 aliphatic heterocycles. The first kappa shape index (κ1) is 12.0. The first-order valence-electron chi connectivity index (χ1n) is 7.28. The minimum atomic E-state index is 0.258. The van der Waals surface area contributed by atoms with Gasteiger partial charge in [-0.1, -0.05) is 28.1 Å². The number of hydrogen-bond donors (Lipinski definition) is 0. The fraction of sp³-hybridized carbons (Fsp3) is 0.562. The molecular weight excluding hydrogens is 302 g/mol. The number of hydrogen-bond acceptors (Lipinski definition) is 1. The van der Waals surface area contributed by atoms with Gasteiger partial charge in [-0.2, -0.15) is 0 Å². The van der Waals surface area contributed by atoms with Crippen molar-refractivity contribution in [2.24, 2.45) is 11.8 Å². The molecule has 2 nitrogen and oxygen atoms in total. The van der Waals surface area contributed by atoms with Crippen LogP contribution in [0.15, 0.2) is 28.7 Å². The van der Waals surface area contributed by atoms with Crippen LogP contribution >= 0.6 is 15.9 Å². The predicted octanol–water partition coefficient (Wildman–Crippen LogP) is 3.56. The number of likely N-dealkylation sites (tertiary alicyclic amines) is 1. The van der Waals surface area contributed by atoms with Crippen molar-refractivity contribution in [2.75, 3.05) is 6.54 Å². The summed E-state index contributed by atoms with van der Waals surface area (Å²) in [6, 6.07) is 8.99. The first-order chi connectivity index (χ1) is 9.22. The number of carbonyl (C=O) groups is 1. The van der Waals surface area contributed by atoms with E-state index in [4.69, 9.17) is 0 Å². The number of piperidine rings is 1. The number of nitrogens with zero attached hydrogens (tertiary/aromatic N) is 1. The van der Waals surface area contributed by atoms with Crippen LogP contribution in [0.1, 0.15) is 37.2 Å². The lowest BCUT2D eigenvalue weighted by Gasteiger charge is -2.27. The van der Waals surface area contributed by atoms with Gasteiger partial charge >= 0.3 is 0 Å². The third-order valence-corrected chi connectivity index (χ3v) is 5.57. The molecule has 3 fully saturated rings. The lowest BCUT2D eigenvalue weighted by molar-refractivity contribution is -0.134. The second-order valence-electron chi connectivity index (χ2n) is 6.33. The summed E-state index contributed by atoms with van der Waals surface area (Å²) in [5.41, 5.74) is 1.32. The zero-order valence-electron chi connectivity index (χ0n) is 10.9. The van der Waals surface area contributed by atoms with Crippen molar-refractivity contribution in [3.8, 4) is 0 Å². The molecule has 2 bridgehead atoms. The number of benzene rings is 1. The Morgan fingerprint density at radius 1 is 1.26 bits per heavy atom. The van der Waals surface area contributed by atoms with E-state index >= 15 is 0 Å². The van der Waals surface area contributed by atoms with Crippen LogP contribution in [-0.4, -0.2) is 23.4 Å². The quantitative estimate of drug-likeness (QED) is 0.816. The molecule has 3 heteroatoms. The van der Waals surface area contributed by atoms with E-state index < -0.39 is 0 Å². The fourth-order valence-corrected chi connectivity index (χ4v) is 4.40. The average Bonchev–Trinajstić information content (AvgIpc) is 2.93. The molecule has 19 heavy (non-hydrogen) atoms. The van der Waals surface area contributed by atoms with Crippen molar-refractivity contribution in [1.82, 2.24) is 4.90 Å². The molecule has 4 atom stereocenters. The van der Waals surface area contributed by atoms with Crippen molar-refractivity contribution < 1.29 is 4.79 Å². The maximum Gasteiger partial charge on any atom is 0.226 e. The number of rotatable bonds is 2. The molecule has 4 rings (SSSR count). The van der Waals surface area contributed by atoms with Crippen LogP contribution < -0.4 is 0 Å². The number of fused-ring (bicyclic) bond motifs is 2. The number of amides is 1. The summed E-state index contributed by atoms with van der Waals surface area (Å²) in [5, 5.41) is 0. The highest BCUT2D eigenvalue weighted by molar-refractivity contribution is 9.10. The molecular formula is C16H18BrNO. The highest BCUT2D eigenvalue weighted by atomic mass is 79.9. The molecule has 0 unspecified atom stereocenters. The lowest BCUT2D eigenvalue weighted by Crippen LogP contribution is -2.38. The van der Waals surface area contributed by atoms with Gasteiger partial charge in [-0.05, 0) is 55.2 Å². The van der Waals surface area contributed by atoms with Gasteiger partial charge in [0.15, 0.2) is 0 Å². The molecule has 0 N–H and O–H groups in total. The molecule has 0 spiro atoms. The highest BCUT2D eigenvalue weighted by Crippen LogP contribution is 2.50. The molecule has 0 radical (unpaired) electrons. The van der Waals surface area contributed by atoms with Gasteiger partial charge in [0.25, 0.3) is 0 Å². The van der Waals surface area contributed by atoms with Crippen LogP contribution in [-0.2, 0) is 4.79 Å². The highest BCUT2D eigenvalue weighted by Gasteiger charge is 2.50. The molecule has 1 aromatic carbocycles. The fourth-order valence-electron chi connectivity index (χ4n) is 3.98. The van der Waals surface area contributed by atoms with Gasteiger partial charge in [0.1, 0.15) is 0 Å². The van der Waals surface area contributed by atoms with Crippen LogP contribution in [0.4, 0.5) is 0 Å². The van der Waals surface area contributed by atoms with Gasteiger partial charge in [0.2, 0.25) is 5.91 Å². The summed E-state index contributed by atoms with van der Waals surface area (Å²) < 4.78 is 1.11. The number of halogens is 1. The maximum atomic E-state index is 12.6. The predicted molar refractivity (Wildman–Crippen MR) is 77.8 cm³/mol. The van der Waals surface area contributed by atoms with Gasteiger partial charge < -0.3 is 4.90 Å². The minimum absolute atomic E-state index is 0.258. The van der Waals surface area contributed by atoms with E-state index in [1.165, 1.54) is 24.8 Å². The third kappa shape index (κ3) is 2.03. The maximum absolute atomic E-state index is 12.6. The van der Waals surface area contributed by atoms with Crippen molar-refractivity contribution >= 4 is 21.8 Å². The van der Waals surface area contributed by atoms with Crippen molar-refractivity contribution in [3.63, 3.8) is 0 Å². The van der Waals surface area contributed by atoms with Crippen LogP contribution in [0.25, 0.3) is 0 Å². The second-order valence-corrected chi connectivity index (χ2v) is 7.24. The van der Waals surface area contributed by atoms with Gasteiger partial charge in [-0.15, -0.1) is 0 Å². The van der Waals surface area contributed by atoms with E-state index in [2.05, 4.69) is 39.0 Å². The zero-order valence-corrected chi connectivity index (χ0v) is 12.5. The van der Waals surface area contributed by atoms with Gasteiger partial charge in [-0.3, -0.25) is 4.79 Å². The summed E-state index contributed by atoms with van der Waals surface area (Å²) in [7, 11) is 0. The summed E-state index contributed by atoms with van der Waals surface area (Å²) in [4.78, 5) is 14.8. The van der Waals surface area contributed by atoms with E-state index in [1.54, 1.807) is 0 Å². The first-order valence-corrected chi connectivity index (χ1v) is 8.07. The monoisotopic (exact) mass is 319 g/mol. The van der Waals surface area contributed by atoms with Crippen molar-refractivity contribution in [2.45, 2.75) is 37.6 Å².